The summed E-state index contributed by atoms with van der Waals surface area (Å²) in [6, 6.07) is 11.9. The van der Waals surface area contributed by atoms with Crippen molar-refractivity contribution in [3.63, 3.8) is 0 Å². The Balaban J connectivity index is 1.66. The summed E-state index contributed by atoms with van der Waals surface area (Å²) in [5.41, 5.74) is -0.140. The lowest BCUT2D eigenvalue weighted by Crippen LogP contribution is -2.41. The van der Waals surface area contributed by atoms with Gasteiger partial charge in [-0.05, 0) is 25.1 Å². The van der Waals surface area contributed by atoms with Crippen LogP contribution in [-0.4, -0.2) is 32.3 Å². The molecular formula is C16H16ClN5O2. The second kappa shape index (κ2) is 6.46. The Morgan fingerprint density at radius 1 is 1.25 bits per heavy atom. The number of halogens is 1. The molecule has 0 radical (unpaired) electrons. The Morgan fingerprint density at radius 2 is 2.00 bits per heavy atom. The molecule has 124 valence electrons. The number of anilines is 1. The van der Waals surface area contributed by atoms with Crippen molar-refractivity contribution in [2.45, 2.75) is 12.5 Å². The molecule has 1 aromatic carbocycles. The molecule has 3 aromatic rings. The van der Waals surface area contributed by atoms with E-state index in [2.05, 4.69) is 20.8 Å². The smallest absolute Gasteiger partial charge is 0.321 e. The second-order valence-corrected chi connectivity index (χ2v) is 5.92. The maximum Gasteiger partial charge on any atom is 0.321 e. The van der Waals surface area contributed by atoms with Gasteiger partial charge in [-0.2, -0.15) is 0 Å². The average Bonchev–Trinajstić information content (AvgIpc) is 2.97. The first-order chi connectivity index (χ1) is 11.5. The number of pyridine rings is 1. The number of nitrogens with zero attached hydrogens (tertiary/aromatic N) is 3. The molecule has 0 saturated heterocycles. The minimum Gasteiger partial charge on any atom is -0.384 e. The number of urea groups is 1. The highest BCUT2D eigenvalue weighted by molar-refractivity contribution is 6.31. The van der Waals surface area contributed by atoms with E-state index < -0.39 is 11.6 Å². The summed E-state index contributed by atoms with van der Waals surface area (Å²) >= 11 is 6.09. The van der Waals surface area contributed by atoms with Gasteiger partial charge in [-0.3, -0.25) is 9.72 Å². The third-order valence-electron chi connectivity index (χ3n) is 3.59. The molecule has 0 spiro atoms. The van der Waals surface area contributed by atoms with Crippen molar-refractivity contribution in [2.75, 3.05) is 11.9 Å². The number of aromatic nitrogens is 3. The van der Waals surface area contributed by atoms with Crippen LogP contribution in [0.3, 0.4) is 0 Å². The van der Waals surface area contributed by atoms with Gasteiger partial charge in [0.05, 0.1) is 6.54 Å². The first kappa shape index (κ1) is 16.2. The molecule has 7 nitrogen and oxygen atoms in total. The van der Waals surface area contributed by atoms with Gasteiger partial charge in [-0.15, -0.1) is 10.2 Å². The number of amides is 2. The van der Waals surface area contributed by atoms with E-state index in [0.717, 1.165) is 0 Å². The molecule has 3 rings (SSSR count). The largest absolute Gasteiger partial charge is 0.384 e. The molecule has 2 aromatic heterocycles. The van der Waals surface area contributed by atoms with Crippen molar-refractivity contribution in [1.82, 2.24) is 19.9 Å². The van der Waals surface area contributed by atoms with E-state index in [0.29, 0.717) is 22.2 Å². The molecule has 0 aliphatic rings. The number of fused-ring (bicyclic) bond motifs is 1. The van der Waals surface area contributed by atoms with Crippen molar-refractivity contribution in [3.8, 4) is 0 Å². The second-order valence-electron chi connectivity index (χ2n) is 5.51. The van der Waals surface area contributed by atoms with E-state index in [9.17, 15) is 9.90 Å². The SMILES string of the molecule is C[C@@](O)(CNC(=O)Nc1nnc2ccccn12)c1ccccc1Cl. The fraction of sp³-hybridized carbons (Fsp3) is 0.188. The maximum atomic E-state index is 12.1. The molecule has 0 saturated carbocycles. The number of nitrogens with one attached hydrogen (secondary N) is 2. The first-order valence-corrected chi connectivity index (χ1v) is 7.67. The van der Waals surface area contributed by atoms with Gasteiger partial charge in [0.15, 0.2) is 5.65 Å². The number of aliphatic hydroxyl groups is 1. The summed E-state index contributed by atoms with van der Waals surface area (Å²) in [6.45, 7) is 1.57. The maximum absolute atomic E-state index is 12.1. The number of carbonyl (C=O) groups excluding carboxylic acids is 1. The van der Waals surface area contributed by atoms with Crippen LogP contribution in [0.1, 0.15) is 12.5 Å². The fourth-order valence-corrected chi connectivity index (χ4v) is 2.66. The van der Waals surface area contributed by atoms with E-state index in [4.69, 9.17) is 11.6 Å². The monoisotopic (exact) mass is 345 g/mol. The van der Waals surface area contributed by atoms with Gasteiger partial charge < -0.3 is 10.4 Å². The molecule has 0 aliphatic heterocycles. The van der Waals surface area contributed by atoms with Gasteiger partial charge in [-0.1, -0.05) is 35.9 Å². The van der Waals surface area contributed by atoms with Crippen LogP contribution < -0.4 is 10.6 Å². The molecule has 0 aliphatic carbocycles. The van der Waals surface area contributed by atoms with E-state index >= 15 is 0 Å². The molecule has 1 atom stereocenters. The van der Waals surface area contributed by atoms with Gasteiger partial charge in [0.1, 0.15) is 5.60 Å². The van der Waals surface area contributed by atoms with Crippen LogP contribution >= 0.6 is 11.6 Å². The highest BCUT2D eigenvalue weighted by Gasteiger charge is 2.26. The lowest BCUT2D eigenvalue weighted by atomic mass is 9.96. The van der Waals surface area contributed by atoms with E-state index in [-0.39, 0.29) is 6.54 Å². The Bertz CT molecular complexity index is 878. The Hall–Kier alpha value is -2.64. The zero-order valence-corrected chi connectivity index (χ0v) is 13.7. The lowest BCUT2D eigenvalue weighted by molar-refractivity contribution is 0.0600. The van der Waals surface area contributed by atoms with Crippen LogP contribution in [0.15, 0.2) is 48.7 Å². The fourth-order valence-electron chi connectivity index (χ4n) is 2.32. The Morgan fingerprint density at radius 3 is 2.79 bits per heavy atom. The summed E-state index contributed by atoms with van der Waals surface area (Å²) in [7, 11) is 0. The number of carbonyl (C=O) groups is 1. The molecule has 2 heterocycles. The third-order valence-corrected chi connectivity index (χ3v) is 3.92. The van der Waals surface area contributed by atoms with Crippen LogP contribution in [0.25, 0.3) is 5.65 Å². The molecule has 0 bridgehead atoms. The third kappa shape index (κ3) is 3.32. The van der Waals surface area contributed by atoms with Crippen LogP contribution in [0.4, 0.5) is 10.7 Å². The summed E-state index contributed by atoms with van der Waals surface area (Å²) in [6.07, 6.45) is 1.74. The number of rotatable bonds is 4. The van der Waals surface area contributed by atoms with Crippen molar-refractivity contribution >= 4 is 29.2 Å². The topological polar surface area (TPSA) is 91.5 Å². The Kier molecular flexibility index (Phi) is 4.37. The summed E-state index contributed by atoms with van der Waals surface area (Å²) in [5, 5.41) is 24.1. The van der Waals surface area contributed by atoms with E-state index in [1.807, 2.05) is 12.1 Å². The molecular weight excluding hydrogens is 330 g/mol. The summed E-state index contributed by atoms with van der Waals surface area (Å²) < 4.78 is 1.64. The van der Waals surface area contributed by atoms with Gasteiger partial charge in [0.2, 0.25) is 5.95 Å². The number of hydrogen-bond donors (Lipinski definition) is 3. The molecule has 8 heteroatoms. The van der Waals surface area contributed by atoms with Gasteiger partial charge in [0, 0.05) is 16.8 Å². The van der Waals surface area contributed by atoms with Crippen LogP contribution in [-0.2, 0) is 5.60 Å². The quantitative estimate of drug-likeness (QED) is 0.677. The minimum absolute atomic E-state index is 0.0146. The average molecular weight is 346 g/mol. The predicted octanol–water partition coefficient (Wildman–Crippen LogP) is 2.41. The molecule has 2 amide bonds. The zero-order valence-electron chi connectivity index (χ0n) is 12.9. The summed E-state index contributed by atoms with van der Waals surface area (Å²) in [5.74, 6) is 0.292. The minimum atomic E-state index is -1.30. The first-order valence-electron chi connectivity index (χ1n) is 7.29. The predicted molar refractivity (Wildman–Crippen MR) is 91.0 cm³/mol. The van der Waals surface area contributed by atoms with Crippen LogP contribution in [0.5, 0.6) is 0 Å². The van der Waals surface area contributed by atoms with Crippen molar-refractivity contribution in [3.05, 3.63) is 59.2 Å². The van der Waals surface area contributed by atoms with Gasteiger partial charge in [-0.25, -0.2) is 4.79 Å². The highest BCUT2D eigenvalue weighted by Crippen LogP contribution is 2.27. The zero-order chi connectivity index (χ0) is 17.2. The van der Waals surface area contributed by atoms with Crippen molar-refractivity contribution < 1.29 is 9.90 Å². The molecule has 0 unspecified atom stereocenters. The van der Waals surface area contributed by atoms with Gasteiger partial charge in [0.25, 0.3) is 0 Å². The standard InChI is InChI=1S/C16H16ClN5O2/c1-16(24,11-6-2-3-7-12(11)17)10-18-15(23)19-14-21-20-13-8-4-5-9-22(13)14/h2-9,24H,10H2,1H3,(H2,18,19,21,23)/t16-/m1/s1. The van der Waals surface area contributed by atoms with Crippen molar-refractivity contribution in [1.29, 1.82) is 0 Å². The number of benzene rings is 1. The molecule has 0 fully saturated rings. The van der Waals surface area contributed by atoms with Crippen LogP contribution in [0.2, 0.25) is 5.02 Å². The number of hydrogen-bond acceptors (Lipinski definition) is 4. The van der Waals surface area contributed by atoms with Crippen LogP contribution in [0, 0.1) is 0 Å². The molecule has 3 N–H and O–H groups in total. The summed E-state index contributed by atoms with van der Waals surface area (Å²) in [4.78, 5) is 12.1. The Labute approximate surface area is 143 Å². The van der Waals surface area contributed by atoms with E-state index in [1.165, 1.54) is 0 Å². The van der Waals surface area contributed by atoms with E-state index in [1.54, 1.807) is 47.9 Å². The highest BCUT2D eigenvalue weighted by atomic mass is 35.5. The lowest BCUT2D eigenvalue weighted by Gasteiger charge is -2.25. The van der Waals surface area contributed by atoms with Gasteiger partial charge >= 0.3 is 6.03 Å². The normalized spacial score (nSPS) is 13.5. The molecule has 24 heavy (non-hydrogen) atoms. The van der Waals surface area contributed by atoms with Crippen molar-refractivity contribution in [2.24, 2.45) is 0 Å².